The van der Waals surface area contributed by atoms with Crippen molar-refractivity contribution in [3.05, 3.63) is 106 Å². The third-order valence-corrected chi connectivity index (χ3v) is 4.28. The highest BCUT2D eigenvalue weighted by atomic mass is 79.9. The maximum absolute atomic E-state index is 6.14. The Labute approximate surface area is 164 Å². The Morgan fingerprint density at radius 1 is 0.885 bits per heavy atom. The molecule has 0 saturated carbocycles. The molecule has 0 bridgehead atoms. The van der Waals surface area contributed by atoms with Gasteiger partial charge >= 0.3 is 0 Å². The molecule has 134 valence electrons. The number of nitrogens with one attached hydrogen (secondary N) is 1. The van der Waals surface area contributed by atoms with E-state index in [4.69, 9.17) is 5.73 Å². The maximum Gasteiger partial charge on any atom is 0.126 e. The number of nitrogens with two attached hydrogens (primary N) is 1. The predicted octanol–water partition coefficient (Wildman–Crippen LogP) is 5.39. The van der Waals surface area contributed by atoms with Crippen molar-refractivity contribution < 1.29 is 0 Å². The van der Waals surface area contributed by atoms with E-state index in [-0.39, 0.29) is 12.3 Å². The van der Waals surface area contributed by atoms with Crippen LogP contribution in [0, 0.1) is 6.92 Å². The first kappa shape index (κ1) is 20.0. The third-order valence-electron chi connectivity index (χ3n) is 3.78. The van der Waals surface area contributed by atoms with Gasteiger partial charge in [0.05, 0.1) is 6.17 Å². The number of hydrogen-bond donors (Lipinski definition) is 2. The predicted molar refractivity (Wildman–Crippen MR) is 114 cm³/mol. The van der Waals surface area contributed by atoms with Gasteiger partial charge in [0, 0.05) is 4.47 Å². The smallest absolute Gasteiger partial charge is 0.126 e. The molecular weight excluding hydrogens is 386 g/mol. The molecule has 0 spiro atoms. The lowest BCUT2D eigenvalue weighted by atomic mass is 10.1. The van der Waals surface area contributed by atoms with Gasteiger partial charge in [-0.2, -0.15) is 0 Å². The molecule has 26 heavy (non-hydrogen) atoms. The van der Waals surface area contributed by atoms with Crippen LogP contribution in [0.1, 0.15) is 29.0 Å². The first-order chi connectivity index (χ1) is 12.6. The van der Waals surface area contributed by atoms with Crippen molar-refractivity contribution in [3.8, 4) is 0 Å². The fourth-order valence-corrected chi connectivity index (χ4v) is 2.81. The topological polar surface area (TPSA) is 50.4 Å². The van der Waals surface area contributed by atoms with Crippen LogP contribution >= 0.6 is 15.9 Å². The fourth-order valence-electron chi connectivity index (χ4n) is 2.39. The van der Waals surface area contributed by atoms with Crippen molar-refractivity contribution in [1.29, 1.82) is 0 Å². The molecule has 3 N–H and O–H groups in total. The maximum atomic E-state index is 6.14. The second-order valence-corrected chi connectivity index (χ2v) is 6.77. The third kappa shape index (κ3) is 6.56. The van der Waals surface area contributed by atoms with Crippen LogP contribution in [0.2, 0.25) is 0 Å². The SMILES string of the molecule is C=NC(NC(N)c1ccccc1)c1cccc(Br)c1.Cc1ccccc1. The number of nitrogens with zero attached hydrogens (tertiary/aromatic N) is 1. The molecule has 0 aliphatic carbocycles. The molecule has 0 amide bonds. The minimum Gasteiger partial charge on any atom is -0.312 e. The summed E-state index contributed by atoms with van der Waals surface area (Å²) in [6.45, 7) is 5.71. The van der Waals surface area contributed by atoms with Crippen molar-refractivity contribution in [2.24, 2.45) is 10.7 Å². The second kappa shape index (κ2) is 10.7. The highest BCUT2D eigenvalue weighted by Gasteiger charge is 2.13. The first-order valence-electron chi connectivity index (χ1n) is 8.39. The summed E-state index contributed by atoms with van der Waals surface area (Å²) >= 11 is 3.45. The molecule has 0 fully saturated rings. The molecule has 0 aliphatic rings. The standard InChI is InChI=1S/C15H16BrN3.C7H8/c1-18-15(12-8-5-9-13(16)10-12)19-14(17)11-6-3-2-4-7-11;1-7-5-3-2-4-6-7/h2-10,14-15,19H,1,17H2;2-6H,1H3. The van der Waals surface area contributed by atoms with Crippen LogP contribution in [0.25, 0.3) is 0 Å². The van der Waals surface area contributed by atoms with Crippen LogP contribution in [0.5, 0.6) is 0 Å². The van der Waals surface area contributed by atoms with Crippen molar-refractivity contribution in [2.45, 2.75) is 19.3 Å². The van der Waals surface area contributed by atoms with Gasteiger partial charge in [0.2, 0.25) is 0 Å². The Balaban J connectivity index is 0.000000290. The molecule has 0 saturated heterocycles. The fraction of sp³-hybridized carbons (Fsp3) is 0.136. The average Bonchev–Trinajstić information content (AvgIpc) is 2.67. The van der Waals surface area contributed by atoms with Crippen molar-refractivity contribution in [3.63, 3.8) is 0 Å². The molecule has 0 aliphatic heterocycles. The number of aryl methyl sites for hydroxylation is 1. The van der Waals surface area contributed by atoms with Gasteiger partial charge in [-0.15, -0.1) is 0 Å². The number of rotatable bonds is 5. The van der Waals surface area contributed by atoms with E-state index in [1.165, 1.54) is 5.56 Å². The zero-order valence-electron chi connectivity index (χ0n) is 14.8. The quantitative estimate of drug-likeness (QED) is 0.438. The van der Waals surface area contributed by atoms with E-state index in [0.29, 0.717) is 0 Å². The molecule has 3 nitrogen and oxygen atoms in total. The minimum absolute atomic E-state index is 0.229. The van der Waals surface area contributed by atoms with Crippen LogP contribution < -0.4 is 11.1 Å². The molecule has 3 rings (SSSR count). The lowest BCUT2D eigenvalue weighted by Gasteiger charge is -2.20. The summed E-state index contributed by atoms with van der Waals surface area (Å²) in [4.78, 5) is 4.10. The Morgan fingerprint density at radius 2 is 1.46 bits per heavy atom. The molecule has 0 heterocycles. The van der Waals surface area contributed by atoms with Gasteiger partial charge in [0.25, 0.3) is 0 Å². The van der Waals surface area contributed by atoms with Gasteiger partial charge in [0.1, 0.15) is 6.17 Å². The summed E-state index contributed by atoms with van der Waals surface area (Å²) in [6.07, 6.45) is -0.511. The van der Waals surface area contributed by atoms with Crippen molar-refractivity contribution in [2.75, 3.05) is 0 Å². The van der Waals surface area contributed by atoms with Gasteiger partial charge in [-0.05, 0) is 36.9 Å². The van der Waals surface area contributed by atoms with Crippen LogP contribution in [-0.2, 0) is 0 Å². The van der Waals surface area contributed by atoms with Gasteiger partial charge in [-0.25, -0.2) is 0 Å². The van der Waals surface area contributed by atoms with Gasteiger partial charge < -0.3 is 5.73 Å². The number of benzene rings is 3. The van der Waals surface area contributed by atoms with E-state index in [2.05, 4.69) is 52.0 Å². The van der Waals surface area contributed by atoms with E-state index in [1.807, 2.05) is 72.8 Å². The molecule has 0 aromatic heterocycles. The number of hydrogen-bond acceptors (Lipinski definition) is 3. The van der Waals surface area contributed by atoms with E-state index in [9.17, 15) is 0 Å². The van der Waals surface area contributed by atoms with Crippen molar-refractivity contribution in [1.82, 2.24) is 5.32 Å². The van der Waals surface area contributed by atoms with E-state index < -0.39 is 0 Å². The molecule has 3 aromatic carbocycles. The number of halogens is 1. The van der Waals surface area contributed by atoms with Crippen LogP contribution in [0.4, 0.5) is 0 Å². The Hall–Kier alpha value is -2.27. The zero-order valence-corrected chi connectivity index (χ0v) is 16.4. The van der Waals surface area contributed by atoms with Crippen molar-refractivity contribution >= 4 is 22.6 Å². The van der Waals surface area contributed by atoms with Crippen LogP contribution in [0.15, 0.2) is 94.4 Å². The lowest BCUT2D eigenvalue weighted by molar-refractivity contribution is 0.467. The molecule has 4 heteroatoms. The summed E-state index contributed by atoms with van der Waals surface area (Å²) in [7, 11) is 0. The summed E-state index contributed by atoms with van der Waals surface area (Å²) < 4.78 is 1.01. The molecular formula is C22H24BrN3. The van der Waals surface area contributed by atoms with Gasteiger partial charge in [-0.1, -0.05) is 94.3 Å². The normalized spacial score (nSPS) is 12.4. The van der Waals surface area contributed by atoms with E-state index in [0.717, 1.165) is 15.6 Å². The molecule has 2 atom stereocenters. The highest BCUT2D eigenvalue weighted by Crippen LogP contribution is 2.21. The Kier molecular flexibility index (Phi) is 8.22. The highest BCUT2D eigenvalue weighted by molar-refractivity contribution is 9.10. The summed E-state index contributed by atoms with van der Waals surface area (Å²) in [6, 6.07) is 28.1. The minimum atomic E-state index is -0.282. The molecule has 2 unspecified atom stereocenters. The number of aliphatic imine (C=N–C) groups is 1. The van der Waals surface area contributed by atoms with Gasteiger partial charge in [-0.3, -0.25) is 10.3 Å². The summed E-state index contributed by atoms with van der Waals surface area (Å²) in [5.41, 5.74) is 9.50. The van der Waals surface area contributed by atoms with Crippen LogP contribution in [-0.4, -0.2) is 6.72 Å². The van der Waals surface area contributed by atoms with Gasteiger partial charge in [0.15, 0.2) is 0 Å². The average molecular weight is 410 g/mol. The largest absolute Gasteiger partial charge is 0.312 e. The van der Waals surface area contributed by atoms with Crippen LogP contribution in [0.3, 0.4) is 0 Å². The molecule has 3 aromatic rings. The Bertz CT molecular complexity index is 791. The monoisotopic (exact) mass is 409 g/mol. The lowest BCUT2D eigenvalue weighted by Crippen LogP contribution is -2.31. The first-order valence-corrected chi connectivity index (χ1v) is 9.19. The summed E-state index contributed by atoms with van der Waals surface area (Å²) in [5, 5.41) is 3.25. The van der Waals surface area contributed by atoms with E-state index in [1.54, 1.807) is 0 Å². The molecule has 0 radical (unpaired) electrons. The second-order valence-electron chi connectivity index (χ2n) is 5.85. The van der Waals surface area contributed by atoms with E-state index >= 15 is 0 Å². The Morgan fingerprint density at radius 3 is 1.96 bits per heavy atom. The zero-order chi connectivity index (χ0) is 18.8. The summed E-state index contributed by atoms with van der Waals surface area (Å²) in [5.74, 6) is 0.